The van der Waals surface area contributed by atoms with E-state index in [1.54, 1.807) is 24.3 Å². The number of hydrogen-bond acceptors (Lipinski definition) is 3. The van der Waals surface area contributed by atoms with E-state index in [0.717, 1.165) is 5.56 Å². The minimum atomic E-state index is -4.41. The van der Waals surface area contributed by atoms with Crippen LogP contribution in [-0.2, 0) is 12.6 Å². The average molecular weight is 307 g/mol. The Bertz CT molecular complexity index is 551. The Balaban J connectivity index is 2.09. The van der Waals surface area contributed by atoms with Gasteiger partial charge in [-0.3, -0.25) is 0 Å². The van der Waals surface area contributed by atoms with Gasteiger partial charge in [0.15, 0.2) is 5.01 Å². The van der Waals surface area contributed by atoms with E-state index in [1.807, 2.05) is 0 Å². The number of hydrogen-bond donors (Lipinski definition) is 1. The zero-order chi connectivity index (χ0) is 14.0. The lowest BCUT2D eigenvalue weighted by molar-refractivity contribution is -0.137. The summed E-state index contributed by atoms with van der Waals surface area (Å²) in [6.07, 6.45) is -2.78. The van der Waals surface area contributed by atoms with Crippen LogP contribution < -0.4 is 5.73 Å². The Morgan fingerprint density at radius 2 is 1.89 bits per heavy atom. The molecule has 1 unspecified atom stereocenters. The summed E-state index contributed by atoms with van der Waals surface area (Å²) in [5.41, 5.74) is 6.81. The number of nitrogens with two attached hydrogens (primary N) is 1. The van der Waals surface area contributed by atoms with Crippen LogP contribution in [0.25, 0.3) is 0 Å². The zero-order valence-electron chi connectivity index (χ0n) is 9.62. The van der Waals surface area contributed by atoms with Crippen molar-refractivity contribution in [2.75, 3.05) is 0 Å². The molecule has 0 bridgehead atoms. The molecule has 2 nitrogen and oxygen atoms in total. The van der Waals surface area contributed by atoms with Crippen molar-refractivity contribution >= 4 is 22.9 Å². The van der Waals surface area contributed by atoms with Crippen molar-refractivity contribution in [3.63, 3.8) is 0 Å². The summed E-state index contributed by atoms with van der Waals surface area (Å²) >= 11 is 6.34. The van der Waals surface area contributed by atoms with Gasteiger partial charge in [0.1, 0.15) is 0 Å². The molecule has 1 heterocycles. The van der Waals surface area contributed by atoms with Crippen LogP contribution in [0.4, 0.5) is 13.2 Å². The van der Waals surface area contributed by atoms with Gasteiger partial charge in [0, 0.05) is 22.1 Å². The lowest BCUT2D eigenvalue weighted by atomic mass is 10.1. The van der Waals surface area contributed by atoms with Crippen LogP contribution in [0, 0.1) is 0 Å². The van der Waals surface area contributed by atoms with Gasteiger partial charge in [-0.1, -0.05) is 23.7 Å². The second kappa shape index (κ2) is 5.48. The van der Waals surface area contributed by atoms with E-state index in [4.69, 9.17) is 17.3 Å². The molecule has 2 N–H and O–H groups in total. The van der Waals surface area contributed by atoms with Crippen molar-refractivity contribution in [3.05, 3.63) is 50.9 Å². The lowest BCUT2D eigenvalue weighted by Crippen LogP contribution is -2.11. The summed E-state index contributed by atoms with van der Waals surface area (Å²) in [7, 11) is 0. The topological polar surface area (TPSA) is 38.9 Å². The Morgan fingerprint density at radius 3 is 2.42 bits per heavy atom. The number of thiazole rings is 1. The Kier molecular flexibility index (Phi) is 4.13. The minimum Gasteiger partial charge on any atom is -0.323 e. The fourth-order valence-electron chi connectivity index (χ4n) is 1.56. The van der Waals surface area contributed by atoms with Gasteiger partial charge in [0.05, 0.1) is 0 Å². The molecule has 2 aromatic rings. The third kappa shape index (κ3) is 3.68. The highest BCUT2D eigenvalue weighted by Gasteiger charge is 2.35. The molecule has 0 saturated heterocycles. The summed E-state index contributed by atoms with van der Waals surface area (Å²) in [5, 5.41) is -0.261. The predicted octanol–water partition coefficient (Wildman–Crippen LogP) is 4.06. The minimum absolute atomic E-state index is 0.419. The van der Waals surface area contributed by atoms with Gasteiger partial charge >= 0.3 is 6.18 Å². The van der Waals surface area contributed by atoms with Gasteiger partial charge in [-0.15, -0.1) is 11.3 Å². The normalized spacial score (nSPS) is 13.5. The van der Waals surface area contributed by atoms with E-state index in [-0.39, 0.29) is 0 Å². The van der Waals surface area contributed by atoms with Crippen molar-refractivity contribution in [2.45, 2.75) is 18.6 Å². The van der Waals surface area contributed by atoms with E-state index in [2.05, 4.69) is 4.98 Å². The van der Waals surface area contributed by atoms with Gasteiger partial charge in [-0.2, -0.15) is 13.2 Å². The quantitative estimate of drug-likeness (QED) is 0.929. The van der Waals surface area contributed by atoms with E-state index in [0.29, 0.717) is 27.7 Å². The van der Waals surface area contributed by atoms with Crippen LogP contribution in [0.1, 0.15) is 21.5 Å². The number of halogens is 4. The SMILES string of the molecule is NC(Cc1ccc(Cl)cc1)c1cnc(C(F)(F)F)s1. The number of alkyl halides is 3. The second-order valence-corrected chi connectivity index (χ2v) is 5.50. The van der Waals surface area contributed by atoms with Gasteiger partial charge in [-0.05, 0) is 24.1 Å². The van der Waals surface area contributed by atoms with Gasteiger partial charge in [0.2, 0.25) is 0 Å². The first-order valence-corrected chi connectivity index (χ1v) is 6.58. The Hall–Kier alpha value is -1.11. The van der Waals surface area contributed by atoms with Crippen LogP contribution in [0.3, 0.4) is 0 Å². The second-order valence-electron chi connectivity index (χ2n) is 4.00. The molecule has 1 aromatic carbocycles. The molecule has 0 aliphatic rings. The predicted molar refractivity (Wildman–Crippen MR) is 69.2 cm³/mol. The van der Waals surface area contributed by atoms with E-state index in [9.17, 15) is 13.2 Å². The summed E-state index contributed by atoms with van der Waals surface area (Å²) in [6.45, 7) is 0. The van der Waals surface area contributed by atoms with Crippen molar-refractivity contribution in [3.8, 4) is 0 Å². The number of nitrogens with zero attached hydrogens (tertiary/aromatic N) is 1. The molecule has 0 spiro atoms. The Labute approximate surface area is 117 Å². The Morgan fingerprint density at radius 1 is 1.26 bits per heavy atom. The molecule has 1 atom stereocenters. The number of rotatable bonds is 3. The van der Waals surface area contributed by atoms with Crippen molar-refractivity contribution in [1.29, 1.82) is 0 Å². The van der Waals surface area contributed by atoms with Crippen molar-refractivity contribution in [1.82, 2.24) is 4.98 Å². The van der Waals surface area contributed by atoms with Crippen molar-refractivity contribution in [2.24, 2.45) is 5.73 Å². The first-order chi connectivity index (χ1) is 8.86. The molecule has 0 amide bonds. The molecule has 2 rings (SSSR count). The first kappa shape index (κ1) is 14.3. The van der Waals surface area contributed by atoms with E-state index >= 15 is 0 Å². The van der Waals surface area contributed by atoms with Gasteiger partial charge < -0.3 is 5.73 Å². The maximum absolute atomic E-state index is 12.4. The third-order valence-corrected chi connectivity index (χ3v) is 3.93. The van der Waals surface area contributed by atoms with Crippen LogP contribution in [0.15, 0.2) is 30.5 Å². The number of benzene rings is 1. The molecular formula is C12H10ClF3N2S. The molecule has 0 saturated carbocycles. The summed E-state index contributed by atoms with van der Waals surface area (Å²) in [5.74, 6) is 0. The molecule has 0 aliphatic carbocycles. The standard InChI is InChI=1S/C12H10ClF3N2S/c13-8-3-1-7(2-4-8)5-9(17)10-6-18-11(19-10)12(14,15)16/h1-4,6,9H,5,17H2. The summed E-state index contributed by atoms with van der Waals surface area (Å²) < 4.78 is 37.3. The zero-order valence-corrected chi connectivity index (χ0v) is 11.2. The van der Waals surface area contributed by atoms with Crippen LogP contribution in [0.2, 0.25) is 5.02 Å². The highest BCUT2D eigenvalue weighted by molar-refractivity contribution is 7.11. The van der Waals surface area contributed by atoms with Gasteiger partial charge in [0.25, 0.3) is 0 Å². The first-order valence-electron chi connectivity index (χ1n) is 5.39. The highest BCUT2D eigenvalue weighted by atomic mass is 35.5. The van der Waals surface area contributed by atoms with E-state index < -0.39 is 17.2 Å². The van der Waals surface area contributed by atoms with E-state index in [1.165, 1.54) is 6.20 Å². The van der Waals surface area contributed by atoms with Crippen molar-refractivity contribution < 1.29 is 13.2 Å². The average Bonchev–Trinajstić information content (AvgIpc) is 2.81. The summed E-state index contributed by atoms with van der Waals surface area (Å²) in [6, 6.07) is 6.53. The molecule has 0 radical (unpaired) electrons. The largest absolute Gasteiger partial charge is 0.443 e. The third-order valence-electron chi connectivity index (χ3n) is 2.50. The highest BCUT2D eigenvalue weighted by Crippen LogP contribution is 2.34. The molecule has 7 heteroatoms. The maximum Gasteiger partial charge on any atom is 0.443 e. The lowest BCUT2D eigenvalue weighted by Gasteiger charge is -2.09. The molecule has 1 aromatic heterocycles. The maximum atomic E-state index is 12.4. The summed E-state index contributed by atoms with van der Waals surface area (Å²) in [4.78, 5) is 3.78. The van der Waals surface area contributed by atoms with Crippen LogP contribution in [0.5, 0.6) is 0 Å². The molecule has 19 heavy (non-hydrogen) atoms. The molecule has 0 fully saturated rings. The fourth-order valence-corrected chi connectivity index (χ4v) is 2.47. The number of aromatic nitrogens is 1. The molecule has 0 aliphatic heterocycles. The smallest absolute Gasteiger partial charge is 0.323 e. The molecule has 102 valence electrons. The van der Waals surface area contributed by atoms with Gasteiger partial charge in [-0.25, -0.2) is 4.98 Å². The van der Waals surface area contributed by atoms with Crippen LogP contribution in [-0.4, -0.2) is 4.98 Å². The fraction of sp³-hybridized carbons (Fsp3) is 0.250. The monoisotopic (exact) mass is 306 g/mol. The molecular weight excluding hydrogens is 297 g/mol. The van der Waals surface area contributed by atoms with Crippen LogP contribution >= 0.6 is 22.9 Å².